The Hall–Kier alpha value is -19.7. The Morgan fingerprint density at radius 1 is 0.109 bits per heavy atom. The van der Waals surface area contributed by atoms with E-state index in [-0.39, 0.29) is 0 Å². The van der Waals surface area contributed by atoms with E-state index in [2.05, 4.69) is 455 Å². The van der Waals surface area contributed by atoms with Gasteiger partial charge in [-0.25, -0.2) is 15.0 Å². The lowest BCUT2D eigenvalue weighted by molar-refractivity contribution is 0.653. The highest BCUT2D eigenvalue weighted by Gasteiger charge is 2.25. The van der Waals surface area contributed by atoms with Gasteiger partial charge in [-0.3, -0.25) is 0 Å². The highest BCUT2D eigenvalue weighted by Crippen LogP contribution is 2.45. The lowest BCUT2D eigenvalue weighted by Gasteiger charge is -2.11. The van der Waals surface area contributed by atoms with E-state index in [0.717, 1.165) is 155 Å². The molecule has 27 rings (SSSR count). The van der Waals surface area contributed by atoms with E-state index in [4.69, 9.17) is 43.2 Å². The summed E-state index contributed by atoms with van der Waals surface area (Å²) in [6.45, 7) is 0. The standard InChI is InChI=1S/3C46H30N2O/c1-3-13-31(14-4-1)33-17-9-19-35(27-33)37-21-11-23-39(29-37)44-43-41-25-7-8-26-42(41)49-46(43)48-45(47-44)40-24-12-22-38(30-40)36-20-10-18-34(28-36)32-15-5-2-6-16-32;2*1-3-12-31(13-4-1)35-16-9-18-37(28-35)33-24-26-34(27-25-33)44-43-41-22-7-8-23-42(41)49-46(43)48-45(47-44)40-21-11-20-39(30-40)38-19-10-17-36(29-38)32-14-5-2-6-15-32/h3*1-30H. The summed E-state index contributed by atoms with van der Waals surface area (Å²) in [6.07, 6.45) is 0. The summed E-state index contributed by atoms with van der Waals surface area (Å²) in [7, 11) is 0. The molecule has 0 aliphatic heterocycles. The highest BCUT2D eigenvalue weighted by atomic mass is 16.3. The van der Waals surface area contributed by atoms with Gasteiger partial charge in [-0.15, -0.1) is 0 Å². The maximum absolute atomic E-state index is 6.38. The zero-order chi connectivity index (χ0) is 97.7. The predicted octanol–water partition coefficient (Wildman–Crippen LogP) is 37.1. The van der Waals surface area contributed by atoms with Gasteiger partial charge in [-0.2, -0.15) is 15.0 Å². The number of furan rings is 3. The molecule has 0 bridgehead atoms. The van der Waals surface area contributed by atoms with Crippen LogP contribution in [0.1, 0.15) is 0 Å². The number of para-hydroxylation sites is 3. The molecule has 0 N–H and O–H groups in total. The van der Waals surface area contributed by atoms with Gasteiger partial charge in [-0.1, -0.05) is 467 Å². The van der Waals surface area contributed by atoms with Crippen LogP contribution in [0.4, 0.5) is 0 Å². The summed E-state index contributed by atoms with van der Waals surface area (Å²) in [5, 5.41) is 5.77. The second-order valence-electron chi connectivity index (χ2n) is 36.7. The first-order valence-corrected chi connectivity index (χ1v) is 49.5. The molecule has 0 saturated heterocycles. The molecule has 690 valence electrons. The fourth-order valence-electron chi connectivity index (χ4n) is 19.9. The zero-order valence-corrected chi connectivity index (χ0v) is 79.9. The number of benzene rings is 21. The van der Waals surface area contributed by atoms with Gasteiger partial charge in [0.15, 0.2) is 17.5 Å². The van der Waals surface area contributed by atoms with Crippen LogP contribution in [-0.2, 0) is 0 Å². The molecule has 9 nitrogen and oxygen atoms in total. The summed E-state index contributed by atoms with van der Waals surface area (Å²) in [5.74, 6) is 1.88. The van der Waals surface area contributed by atoms with Crippen molar-refractivity contribution in [2.75, 3.05) is 0 Å². The molecular formula is C138H90N6O3. The van der Waals surface area contributed by atoms with Crippen LogP contribution in [0, 0.1) is 0 Å². The molecule has 6 aromatic heterocycles. The minimum absolute atomic E-state index is 0.578. The molecular weight excluding hydrogens is 1790 g/mol. The van der Waals surface area contributed by atoms with E-state index in [1.807, 2.05) is 91.0 Å². The van der Waals surface area contributed by atoms with Crippen LogP contribution in [0.2, 0.25) is 0 Å². The van der Waals surface area contributed by atoms with Crippen LogP contribution in [0.5, 0.6) is 0 Å². The van der Waals surface area contributed by atoms with Crippen molar-refractivity contribution in [3.8, 4) is 201 Å². The fourth-order valence-corrected chi connectivity index (χ4v) is 19.9. The first-order valence-electron chi connectivity index (χ1n) is 49.5. The number of rotatable bonds is 18. The van der Waals surface area contributed by atoms with Crippen LogP contribution < -0.4 is 0 Å². The third-order valence-corrected chi connectivity index (χ3v) is 27.3. The lowest BCUT2D eigenvalue weighted by Crippen LogP contribution is -1.94. The largest absolute Gasteiger partial charge is 0.438 e. The van der Waals surface area contributed by atoms with E-state index in [1.165, 1.54) is 77.9 Å². The molecule has 147 heavy (non-hydrogen) atoms. The Bertz CT molecular complexity index is 9150. The third kappa shape index (κ3) is 18.4. The normalized spacial score (nSPS) is 11.3. The quantitative estimate of drug-likeness (QED) is 0.0828. The maximum Gasteiger partial charge on any atom is 0.231 e. The Morgan fingerprint density at radius 2 is 0.259 bits per heavy atom. The van der Waals surface area contributed by atoms with Crippen molar-refractivity contribution in [3.05, 3.63) is 546 Å². The summed E-state index contributed by atoms with van der Waals surface area (Å²) in [4.78, 5) is 30.8. The van der Waals surface area contributed by atoms with Crippen molar-refractivity contribution in [1.82, 2.24) is 29.9 Å². The summed E-state index contributed by atoms with van der Waals surface area (Å²) < 4.78 is 19.1. The molecule has 9 heteroatoms. The first kappa shape index (κ1) is 88.7. The number of nitrogens with zero attached hydrogens (tertiary/aromatic N) is 6. The van der Waals surface area contributed by atoms with E-state index < -0.39 is 0 Å². The molecule has 6 heterocycles. The van der Waals surface area contributed by atoms with Crippen molar-refractivity contribution in [2.24, 2.45) is 0 Å². The second kappa shape index (κ2) is 39.7. The number of hydrogen-bond donors (Lipinski definition) is 0. The van der Waals surface area contributed by atoms with Gasteiger partial charge in [0.1, 0.15) is 16.7 Å². The van der Waals surface area contributed by atoms with Crippen molar-refractivity contribution in [3.63, 3.8) is 0 Å². The molecule has 0 radical (unpaired) electrons. The molecule has 21 aromatic carbocycles. The minimum atomic E-state index is 0.578. The monoisotopic (exact) mass is 1880 g/mol. The second-order valence-corrected chi connectivity index (χ2v) is 36.7. The first-order chi connectivity index (χ1) is 72.8. The van der Waals surface area contributed by atoms with Crippen LogP contribution in [0.15, 0.2) is 559 Å². The van der Waals surface area contributed by atoms with Gasteiger partial charge < -0.3 is 13.3 Å². The number of hydrogen-bond acceptors (Lipinski definition) is 9. The third-order valence-electron chi connectivity index (χ3n) is 27.3. The van der Waals surface area contributed by atoms with Gasteiger partial charge in [0, 0.05) is 49.5 Å². The summed E-state index contributed by atoms with van der Waals surface area (Å²) >= 11 is 0. The maximum atomic E-state index is 6.38. The van der Waals surface area contributed by atoms with Crippen molar-refractivity contribution < 1.29 is 13.3 Å². The van der Waals surface area contributed by atoms with E-state index >= 15 is 0 Å². The Balaban J connectivity index is 0.000000115. The van der Waals surface area contributed by atoms with Gasteiger partial charge in [0.05, 0.1) is 33.2 Å². The molecule has 0 aliphatic carbocycles. The average molecular weight is 1880 g/mol. The molecule has 0 amide bonds. The topological polar surface area (TPSA) is 117 Å². The molecule has 0 unspecified atom stereocenters. The molecule has 0 fully saturated rings. The predicted molar refractivity (Wildman–Crippen MR) is 606 cm³/mol. The minimum Gasteiger partial charge on any atom is -0.438 e. The van der Waals surface area contributed by atoms with Gasteiger partial charge >= 0.3 is 0 Å². The SMILES string of the molecule is c1ccc(-c2cccc(-c3ccc(-c4nc(-c5cccc(-c6cccc(-c7ccccc7)c6)c5)nc5oc6ccccc6c45)cc3)c2)cc1.c1ccc(-c2cccc(-c3ccc(-c4nc(-c5cccc(-c6cccc(-c7ccccc7)c6)c5)nc5oc6ccccc6c45)cc3)c2)cc1.c1ccc(-c2cccc(-c3cccc(-c4nc(-c5cccc(-c6cccc(-c7ccccc7)c6)c5)c5c(n4)oc4ccccc45)c3)c2)cc1. The molecule has 0 saturated carbocycles. The van der Waals surface area contributed by atoms with Crippen molar-refractivity contribution in [1.29, 1.82) is 0 Å². The molecule has 27 aromatic rings. The number of aromatic nitrogens is 6. The Kier molecular flexibility index (Phi) is 24.0. The van der Waals surface area contributed by atoms with Crippen LogP contribution in [0.25, 0.3) is 268 Å². The molecule has 0 atom stereocenters. The molecule has 0 spiro atoms. The zero-order valence-electron chi connectivity index (χ0n) is 79.9. The summed E-state index contributed by atoms with van der Waals surface area (Å²) in [5.41, 5.74) is 40.4. The number of fused-ring (bicyclic) bond motifs is 9. The van der Waals surface area contributed by atoms with Crippen molar-refractivity contribution in [2.45, 2.75) is 0 Å². The average Bonchev–Trinajstić information content (AvgIpc) is 1.62. The van der Waals surface area contributed by atoms with E-state index in [1.54, 1.807) is 0 Å². The Morgan fingerprint density at radius 3 is 0.483 bits per heavy atom. The fraction of sp³-hybridized carbons (Fsp3) is 0. The smallest absolute Gasteiger partial charge is 0.231 e. The van der Waals surface area contributed by atoms with Crippen LogP contribution in [-0.4, -0.2) is 29.9 Å². The van der Waals surface area contributed by atoms with E-state index in [0.29, 0.717) is 34.6 Å². The summed E-state index contributed by atoms with van der Waals surface area (Å²) in [6, 6.07) is 191. The van der Waals surface area contributed by atoms with Crippen molar-refractivity contribution >= 4 is 66.2 Å². The van der Waals surface area contributed by atoms with Gasteiger partial charge in [0.2, 0.25) is 17.1 Å². The lowest BCUT2D eigenvalue weighted by atomic mass is 9.96. The molecule has 0 aliphatic rings. The van der Waals surface area contributed by atoms with E-state index in [9.17, 15) is 0 Å². The van der Waals surface area contributed by atoms with Gasteiger partial charge in [0.25, 0.3) is 0 Å². The van der Waals surface area contributed by atoms with Crippen LogP contribution in [0.3, 0.4) is 0 Å². The Labute approximate surface area is 850 Å². The highest BCUT2D eigenvalue weighted by molar-refractivity contribution is 6.13. The van der Waals surface area contributed by atoms with Crippen LogP contribution >= 0.6 is 0 Å². The van der Waals surface area contributed by atoms with Gasteiger partial charge in [-0.05, 0) is 212 Å².